The van der Waals surface area contributed by atoms with Gasteiger partial charge in [-0.2, -0.15) is 5.10 Å². The van der Waals surface area contributed by atoms with Crippen molar-refractivity contribution in [3.8, 4) is 0 Å². The second kappa shape index (κ2) is 5.74. The number of hydrogen-bond donors (Lipinski definition) is 2. The minimum absolute atomic E-state index is 0.144. The first-order chi connectivity index (χ1) is 9.88. The number of anilines is 1. The second-order valence-electron chi connectivity index (χ2n) is 4.73. The molecule has 1 amide bonds. The van der Waals surface area contributed by atoms with E-state index in [1.807, 2.05) is 6.92 Å². The fraction of sp³-hybridized carbons (Fsp3) is 0.286. The van der Waals surface area contributed by atoms with Crippen molar-refractivity contribution >= 4 is 17.6 Å². The Morgan fingerprint density at radius 1 is 1.33 bits per heavy atom. The molecule has 2 heterocycles. The fourth-order valence-electron chi connectivity index (χ4n) is 2.05. The van der Waals surface area contributed by atoms with Crippen LogP contribution in [0.4, 0.5) is 5.69 Å². The van der Waals surface area contributed by atoms with Gasteiger partial charge in [0.05, 0.1) is 35.3 Å². The number of nitrogens with one attached hydrogen (secondary N) is 1. The Bertz CT molecular complexity index is 689. The molecule has 110 valence electrons. The Balaban J connectivity index is 2.14. The van der Waals surface area contributed by atoms with Gasteiger partial charge < -0.3 is 10.4 Å². The van der Waals surface area contributed by atoms with E-state index in [2.05, 4.69) is 15.4 Å². The number of pyridine rings is 1. The van der Waals surface area contributed by atoms with Crippen molar-refractivity contribution in [3.05, 3.63) is 41.0 Å². The summed E-state index contributed by atoms with van der Waals surface area (Å²) in [5, 5.41) is 15.6. The maximum absolute atomic E-state index is 12.2. The Morgan fingerprint density at radius 2 is 2.05 bits per heavy atom. The van der Waals surface area contributed by atoms with Crippen LogP contribution in [0, 0.1) is 13.8 Å². The Morgan fingerprint density at radius 3 is 2.52 bits per heavy atom. The van der Waals surface area contributed by atoms with E-state index >= 15 is 0 Å². The lowest BCUT2D eigenvalue weighted by molar-refractivity contribution is -0.136. The average Bonchev–Trinajstić information content (AvgIpc) is 2.65. The molecule has 0 saturated heterocycles. The lowest BCUT2D eigenvalue weighted by atomic mass is 10.2. The second-order valence-corrected chi connectivity index (χ2v) is 4.73. The molecule has 0 bridgehead atoms. The van der Waals surface area contributed by atoms with Gasteiger partial charge in [-0.3, -0.25) is 19.3 Å². The molecule has 0 spiro atoms. The van der Waals surface area contributed by atoms with Crippen LogP contribution in [-0.4, -0.2) is 31.7 Å². The van der Waals surface area contributed by atoms with Crippen LogP contribution < -0.4 is 5.32 Å². The number of aliphatic carboxylic acids is 1. The van der Waals surface area contributed by atoms with E-state index in [0.717, 1.165) is 5.69 Å². The summed E-state index contributed by atoms with van der Waals surface area (Å²) < 4.78 is 1.65. The number of aryl methyl sites for hydroxylation is 2. The van der Waals surface area contributed by atoms with Crippen LogP contribution in [0.15, 0.2) is 18.3 Å². The molecule has 0 radical (unpaired) electrons. The zero-order valence-corrected chi connectivity index (χ0v) is 12.0. The van der Waals surface area contributed by atoms with Crippen molar-refractivity contribution in [2.75, 3.05) is 5.32 Å². The first kappa shape index (κ1) is 14.7. The van der Waals surface area contributed by atoms with Crippen LogP contribution in [-0.2, 0) is 18.3 Å². The number of amides is 1. The van der Waals surface area contributed by atoms with E-state index < -0.39 is 5.97 Å². The molecule has 0 unspecified atom stereocenters. The molecule has 2 N–H and O–H groups in total. The molecule has 7 nitrogen and oxygen atoms in total. The van der Waals surface area contributed by atoms with Crippen molar-refractivity contribution in [2.24, 2.45) is 7.05 Å². The standard InChI is InChI=1S/C14H16N4O3/c1-8-13(9(2)18(3)17-8)14(21)16-11-5-4-10(15-7-11)6-12(19)20/h4-5,7H,6H2,1-3H3,(H,16,21)(H,19,20). The summed E-state index contributed by atoms with van der Waals surface area (Å²) in [6.07, 6.45) is 1.30. The topological polar surface area (TPSA) is 97.1 Å². The molecule has 0 aliphatic heterocycles. The minimum atomic E-state index is -0.944. The maximum Gasteiger partial charge on any atom is 0.309 e. The predicted molar refractivity (Wildman–Crippen MR) is 76.2 cm³/mol. The van der Waals surface area contributed by atoms with Crippen LogP contribution in [0.25, 0.3) is 0 Å². The number of carboxylic acids is 1. The predicted octanol–water partition coefficient (Wildman–Crippen LogP) is 1.31. The van der Waals surface area contributed by atoms with Crippen LogP contribution in [0.1, 0.15) is 27.4 Å². The van der Waals surface area contributed by atoms with Crippen LogP contribution in [0.5, 0.6) is 0 Å². The summed E-state index contributed by atoms with van der Waals surface area (Å²) in [5.74, 6) is -1.20. The van der Waals surface area contributed by atoms with E-state index in [9.17, 15) is 9.59 Å². The molecular weight excluding hydrogens is 272 g/mol. The normalized spacial score (nSPS) is 10.4. The number of carbonyl (C=O) groups excluding carboxylic acids is 1. The summed E-state index contributed by atoms with van der Waals surface area (Å²) in [4.78, 5) is 26.8. The average molecular weight is 288 g/mol. The lowest BCUT2D eigenvalue weighted by Crippen LogP contribution is -2.14. The lowest BCUT2D eigenvalue weighted by Gasteiger charge is -2.06. The minimum Gasteiger partial charge on any atom is -0.481 e. The first-order valence-electron chi connectivity index (χ1n) is 6.36. The number of carboxylic acid groups (broad SMARTS) is 1. The third kappa shape index (κ3) is 3.25. The Labute approximate surface area is 121 Å². The monoisotopic (exact) mass is 288 g/mol. The highest BCUT2D eigenvalue weighted by molar-refractivity contribution is 6.05. The van der Waals surface area contributed by atoms with Gasteiger partial charge in [0.25, 0.3) is 5.91 Å². The van der Waals surface area contributed by atoms with E-state index in [1.54, 1.807) is 30.8 Å². The molecule has 0 aromatic carbocycles. The number of hydrogen-bond acceptors (Lipinski definition) is 4. The highest BCUT2D eigenvalue weighted by Crippen LogP contribution is 2.15. The molecule has 0 saturated carbocycles. The van der Waals surface area contributed by atoms with E-state index in [4.69, 9.17) is 5.11 Å². The summed E-state index contributed by atoms with van der Waals surface area (Å²) in [6.45, 7) is 3.60. The van der Waals surface area contributed by atoms with Crippen molar-refractivity contribution in [1.82, 2.24) is 14.8 Å². The van der Waals surface area contributed by atoms with Crippen LogP contribution in [0.3, 0.4) is 0 Å². The van der Waals surface area contributed by atoms with Gasteiger partial charge in [0.1, 0.15) is 0 Å². The highest BCUT2D eigenvalue weighted by Gasteiger charge is 2.17. The van der Waals surface area contributed by atoms with E-state index in [0.29, 0.717) is 22.6 Å². The number of aromatic nitrogens is 3. The quantitative estimate of drug-likeness (QED) is 0.884. The number of carbonyl (C=O) groups is 2. The number of nitrogens with zero attached hydrogens (tertiary/aromatic N) is 3. The van der Waals surface area contributed by atoms with Crippen LogP contribution in [0.2, 0.25) is 0 Å². The number of rotatable bonds is 4. The third-order valence-electron chi connectivity index (χ3n) is 3.15. The van der Waals surface area contributed by atoms with Crippen molar-refractivity contribution in [2.45, 2.75) is 20.3 Å². The molecule has 0 aliphatic rings. The molecule has 7 heteroatoms. The summed E-state index contributed by atoms with van der Waals surface area (Å²) >= 11 is 0. The SMILES string of the molecule is Cc1nn(C)c(C)c1C(=O)Nc1ccc(CC(=O)O)nc1. The molecule has 21 heavy (non-hydrogen) atoms. The van der Waals surface area contributed by atoms with Gasteiger partial charge in [0, 0.05) is 12.7 Å². The van der Waals surface area contributed by atoms with Crippen molar-refractivity contribution in [3.63, 3.8) is 0 Å². The summed E-state index contributed by atoms with van der Waals surface area (Å²) in [7, 11) is 1.78. The van der Waals surface area contributed by atoms with E-state index in [1.165, 1.54) is 6.20 Å². The van der Waals surface area contributed by atoms with Gasteiger partial charge in [0.15, 0.2) is 0 Å². The van der Waals surface area contributed by atoms with Gasteiger partial charge in [-0.1, -0.05) is 0 Å². The molecule has 0 atom stereocenters. The molecule has 0 fully saturated rings. The molecular formula is C14H16N4O3. The largest absolute Gasteiger partial charge is 0.481 e. The maximum atomic E-state index is 12.2. The summed E-state index contributed by atoms with van der Waals surface area (Å²) in [5.41, 5.74) is 2.92. The molecule has 2 aromatic rings. The van der Waals surface area contributed by atoms with E-state index in [-0.39, 0.29) is 12.3 Å². The third-order valence-corrected chi connectivity index (χ3v) is 3.15. The van der Waals surface area contributed by atoms with Crippen molar-refractivity contribution < 1.29 is 14.7 Å². The zero-order valence-electron chi connectivity index (χ0n) is 12.0. The first-order valence-corrected chi connectivity index (χ1v) is 6.36. The Kier molecular flexibility index (Phi) is 4.02. The molecule has 2 rings (SSSR count). The van der Waals surface area contributed by atoms with Gasteiger partial charge in [-0.25, -0.2) is 0 Å². The Hall–Kier alpha value is -2.70. The zero-order chi connectivity index (χ0) is 15.6. The van der Waals surface area contributed by atoms with Gasteiger partial charge in [0.2, 0.25) is 0 Å². The molecule has 0 aliphatic carbocycles. The van der Waals surface area contributed by atoms with Gasteiger partial charge >= 0.3 is 5.97 Å². The van der Waals surface area contributed by atoms with Crippen molar-refractivity contribution in [1.29, 1.82) is 0 Å². The fourth-order valence-corrected chi connectivity index (χ4v) is 2.05. The highest BCUT2D eigenvalue weighted by atomic mass is 16.4. The smallest absolute Gasteiger partial charge is 0.309 e. The van der Waals surface area contributed by atoms with Gasteiger partial charge in [-0.15, -0.1) is 0 Å². The molecule has 2 aromatic heterocycles. The van der Waals surface area contributed by atoms with Gasteiger partial charge in [-0.05, 0) is 26.0 Å². The van der Waals surface area contributed by atoms with Crippen LogP contribution >= 0.6 is 0 Å². The summed E-state index contributed by atoms with van der Waals surface area (Å²) in [6, 6.07) is 3.21.